The average molecular weight is 1320 g/mol. The molecule has 5 unspecified atom stereocenters. The van der Waals surface area contributed by atoms with E-state index in [2.05, 4.69) is 34.6 Å². The quantitative estimate of drug-likeness (QED) is 0.172. The summed E-state index contributed by atoms with van der Waals surface area (Å²) in [4.78, 5) is 0. The Morgan fingerprint density at radius 2 is 0.630 bits per heavy atom. The SMILES string of the molecule is C.C.C.C.C.C.C.C.C.CCCCC(C)CC(CCCC)CC(C)CC1CCCCC1CC.[Ar].[Ar].[Ar].[Ar].[Ar].[Ar].[Ar].[Ar].[Ar].[Ar].[Ar].[Ar].[Ar].[Ar].[Ar].[Ar].[Ar].[Ar].[Ar].[Ar].[Ar]. The summed E-state index contributed by atoms with van der Waals surface area (Å²) in [6, 6.07) is 0. The summed E-state index contributed by atoms with van der Waals surface area (Å²) in [7, 11) is 0. The molecule has 21 heteroatoms. The van der Waals surface area contributed by atoms with E-state index in [0.29, 0.717) is 0 Å². The van der Waals surface area contributed by atoms with E-state index in [9.17, 15) is 0 Å². The molecule has 1 aliphatic rings. The van der Waals surface area contributed by atoms with Gasteiger partial charge in [0.15, 0.2) is 0 Å². The fraction of sp³-hybridized carbons (Fsp3) is 1.00. The van der Waals surface area contributed by atoms with Gasteiger partial charge in [-0.05, 0) is 48.9 Å². The van der Waals surface area contributed by atoms with E-state index in [4.69, 9.17) is 0 Å². The zero-order valence-corrected chi connectivity index (χ0v) is 40.1. The monoisotopic (exact) mass is 1320 g/mol. The van der Waals surface area contributed by atoms with Gasteiger partial charge in [0.05, 0.1) is 0 Å². The summed E-state index contributed by atoms with van der Waals surface area (Å²) in [5, 5.41) is 0. The molecule has 0 N–H and O–H groups in total. The zero-order chi connectivity index (χ0) is 17.8. The first kappa shape index (κ1) is 200. The predicted octanol–water partition coefficient (Wildman–Crippen LogP) is 14.4. The molecule has 0 aromatic heterocycles. The van der Waals surface area contributed by atoms with Crippen LogP contribution in [0.2, 0.25) is 0 Å². The van der Waals surface area contributed by atoms with Crippen molar-refractivity contribution >= 4 is 0 Å². The van der Waals surface area contributed by atoms with Gasteiger partial charge in [-0.3, -0.25) is 0 Å². The second-order valence-electron chi connectivity index (χ2n) is 9.28. The van der Waals surface area contributed by atoms with Gasteiger partial charge in [0, 0.05) is 793 Å². The molecular formula is C33H84Ar21. The fourth-order valence-corrected chi connectivity index (χ4v) is 5.38. The normalized spacial score (nSPS) is 11.3. The van der Waals surface area contributed by atoms with Crippen LogP contribution in [0.4, 0.5) is 0 Å². The van der Waals surface area contributed by atoms with Crippen molar-refractivity contribution in [3.05, 3.63) is 0 Å². The molecule has 384 valence electrons. The molecule has 1 saturated carbocycles. The Morgan fingerprint density at radius 1 is 0.370 bits per heavy atom. The average Bonchev–Trinajstić information content (AvgIpc) is 2.58. The summed E-state index contributed by atoms with van der Waals surface area (Å²) in [6.45, 7) is 12.2. The van der Waals surface area contributed by atoms with Crippen LogP contribution in [0.25, 0.3) is 0 Å². The third-order valence-corrected chi connectivity index (χ3v) is 6.78. The van der Waals surface area contributed by atoms with Crippen molar-refractivity contribution < 1.29 is 793 Å². The molecule has 0 aromatic rings. The zero-order valence-electron chi connectivity index (χ0n) is 25.2. The first-order chi connectivity index (χ1) is 11.6. The van der Waals surface area contributed by atoms with Gasteiger partial charge in [0.1, 0.15) is 0 Å². The van der Waals surface area contributed by atoms with Gasteiger partial charge >= 0.3 is 0 Å². The maximum absolute atomic E-state index is 2.57. The Kier molecular flexibility index (Phi) is 588. The Bertz CT molecular complexity index is 334. The van der Waals surface area contributed by atoms with Crippen molar-refractivity contribution in [1.29, 1.82) is 0 Å². The molecule has 0 spiro atoms. The van der Waals surface area contributed by atoms with E-state index in [1.54, 1.807) is 0 Å². The third kappa shape index (κ3) is 133. The first-order valence-electron chi connectivity index (χ1n) is 11.6. The van der Waals surface area contributed by atoms with Gasteiger partial charge in [-0.15, -0.1) is 0 Å². The summed E-state index contributed by atoms with van der Waals surface area (Å²) in [6.07, 6.45) is 20.5. The Morgan fingerprint density at radius 3 is 0.907 bits per heavy atom. The molecular weight excluding hydrogens is 1240 g/mol. The molecule has 0 radical (unpaired) electrons. The number of hydrogen-bond acceptors (Lipinski definition) is 0. The van der Waals surface area contributed by atoms with E-state index in [-0.39, 0.29) is 859 Å². The van der Waals surface area contributed by atoms with Crippen molar-refractivity contribution in [2.45, 2.75) is 191 Å². The van der Waals surface area contributed by atoms with Gasteiger partial charge in [0.2, 0.25) is 0 Å². The van der Waals surface area contributed by atoms with Gasteiger partial charge in [-0.25, -0.2) is 0 Å². The maximum atomic E-state index is 2.57. The van der Waals surface area contributed by atoms with Gasteiger partial charge in [-0.1, -0.05) is 172 Å². The smallest absolute Gasteiger partial charge is 0 e. The molecule has 0 amide bonds. The summed E-state index contributed by atoms with van der Waals surface area (Å²) in [5.41, 5.74) is 0. The van der Waals surface area contributed by atoms with Crippen LogP contribution >= 0.6 is 0 Å². The molecule has 54 heavy (non-hydrogen) atoms. The standard InChI is InChI=1S/C24H48.9CH4.21Ar/c1-6-9-13-20(4)17-22(14-10-7-2)18-21(5)19-24-16-12-11-15-23(24)8-3;;;;;;;;;;;;;;;;;;;;;;;;;;;;;;/h20-24H,6-19H2,1-5H3;9*1H4;;;;;;;;;;;;;;;;;;;;;. The van der Waals surface area contributed by atoms with E-state index in [0.717, 1.165) is 29.6 Å². The van der Waals surface area contributed by atoms with Crippen molar-refractivity contribution in [1.82, 2.24) is 0 Å². The molecule has 0 aromatic carbocycles. The molecule has 0 saturated heterocycles. The minimum atomic E-state index is 0. The largest absolute Gasteiger partial charge is 0.0776 e. The molecule has 0 bridgehead atoms. The van der Waals surface area contributed by atoms with E-state index in [1.807, 2.05) is 0 Å². The van der Waals surface area contributed by atoms with Gasteiger partial charge in [0.25, 0.3) is 0 Å². The van der Waals surface area contributed by atoms with Crippen molar-refractivity contribution in [3.63, 3.8) is 0 Å². The predicted molar refractivity (Wildman–Crippen MR) is 171 cm³/mol. The van der Waals surface area contributed by atoms with Crippen molar-refractivity contribution in [2.24, 2.45) is 29.6 Å². The van der Waals surface area contributed by atoms with Crippen LogP contribution < -0.4 is 0 Å². The maximum Gasteiger partial charge on any atom is 0 e. The molecule has 1 rings (SSSR count). The van der Waals surface area contributed by atoms with Gasteiger partial charge in [-0.2, -0.15) is 0 Å². The third-order valence-electron chi connectivity index (χ3n) is 6.78. The van der Waals surface area contributed by atoms with Crippen LogP contribution in [0.1, 0.15) is 191 Å². The topological polar surface area (TPSA) is 0 Å². The van der Waals surface area contributed by atoms with Crippen molar-refractivity contribution in [2.75, 3.05) is 0 Å². The van der Waals surface area contributed by atoms with Crippen LogP contribution in [0.3, 0.4) is 0 Å². The Hall–Kier alpha value is 26.5. The second-order valence-corrected chi connectivity index (χ2v) is 9.28. The molecule has 0 aliphatic heterocycles. The van der Waals surface area contributed by atoms with Crippen LogP contribution in [0, 0.1) is 822 Å². The Labute approximate surface area is 979 Å². The minimum absolute atomic E-state index is 0. The van der Waals surface area contributed by atoms with E-state index in [1.165, 1.54) is 89.9 Å². The number of hydrogen-bond donors (Lipinski definition) is 0. The molecule has 0 nitrogen and oxygen atoms in total. The Balaban J connectivity index is -0.00000000686. The second kappa shape index (κ2) is 159. The van der Waals surface area contributed by atoms with E-state index >= 15 is 0 Å². The molecule has 1 aliphatic carbocycles. The molecule has 5 atom stereocenters. The summed E-state index contributed by atoms with van der Waals surface area (Å²) in [5.74, 6) is 4.97. The van der Waals surface area contributed by atoms with Gasteiger partial charge < -0.3 is 0 Å². The van der Waals surface area contributed by atoms with Crippen LogP contribution in [0.15, 0.2) is 0 Å². The van der Waals surface area contributed by atoms with Crippen LogP contribution in [0.5, 0.6) is 0 Å². The minimum Gasteiger partial charge on any atom is -0.0776 e. The summed E-state index contributed by atoms with van der Waals surface area (Å²) < 4.78 is 0. The fourth-order valence-electron chi connectivity index (χ4n) is 5.38. The van der Waals surface area contributed by atoms with E-state index < -0.39 is 0 Å². The number of unbranched alkanes of at least 4 members (excludes halogenated alkanes) is 2. The first-order valence-corrected chi connectivity index (χ1v) is 11.6. The number of rotatable bonds is 13. The summed E-state index contributed by atoms with van der Waals surface area (Å²) >= 11 is 0. The molecule has 1 fully saturated rings. The van der Waals surface area contributed by atoms with Crippen LogP contribution in [-0.4, -0.2) is 0 Å². The molecule has 0 heterocycles. The van der Waals surface area contributed by atoms with Crippen molar-refractivity contribution in [3.8, 4) is 0 Å². The van der Waals surface area contributed by atoms with Crippen LogP contribution in [-0.2, 0) is 0 Å².